The van der Waals surface area contributed by atoms with Crippen LogP contribution in [0.4, 0.5) is 11.4 Å². The summed E-state index contributed by atoms with van der Waals surface area (Å²) < 4.78 is 12.6. The number of rotatable bonds is 7. The SMILES string of the molecule is COC(=O)c1c(NC(C)=O)c2cc(NCc3sccc3C)cnc2n1CC1CCCO1. The number of hydrogen-bond donors (Lipinski definition) is 2. The highest BCUT2D eigenvalue weighted by Gasteiger charge is 2.28. The molecular weight excluding hydrogens is 416 g/mol. The van der Waals surface area contributed by atoms with E-state index < -0.39 is 5.97 Å². The third-order valence-electron chi connectivity index (χ3n) is 5.41. The number of aryl methyl sites for hydroxylation is 1. The van der Waals surface area contributed by atoms with Crippen molar-refractivity contribution in [2.75, 3.05) is 24.4 Å². The summed E-state index contributed by atoms with van der Waals surface area (Å²) in [5.41, 5.74) is 3.34. The molecular formula is C22H26N4O4S. The monoisotopic (exact) mass is 442 g/mol. The van der Waals surface area contributed by atoms with E-state index in [2.05, 4.69) is 34.0 Å². The van der Waals surface area contributed by atoms with Crippen LogP contribution in [0.1, 0.15) is 40.7 Å². The number of methoxy groups -OCH3 is 1. The van der Waals surface area contributed by atoms with Gasteiger partial charge in [0.1, 0.15) is 5.65 Å². The van der Waals surface area contributed by atoms with Gasteiger partial charge in [-0.2, -0.15) is 0 Å². The Balaban J connectivity index is 1.77. The van der Waals surface area contributed by atoms with E-state index in [1.165, 1.54) is 24.5 Å². The van der Waals surface area contributed by atoms with E-state index in [9.17, 15) is 9.59 Å². The Kier molecular flexibility index (Phi) is 6.24. The minimum Gasteiger partial charge on any atom is -0.464 e. The van der Waals surface area contributed by atoms with Gasteiger partial charge in [0.05, 0.1) is 37.3 Å². The van der Waals surface area contributed by atoms with Gasteiger partial charge in [0, 0.05) is 30.3 Å². The molecule has 2 N–H and O–H groups in total. The number of hydrogen-bond acceptors (Lipinski definition) is 7. The average Bonchev–Trinajstić information content (AvgIpc) is 3.47. The second kappa shape index (κ2) is 9.07. The van der Waals surface area contributed by atoms with Crippen molar-refractivity contribution in [1.82, 2.24) is 9.55 Å². The molecule has 1 aliphatic heterocycles. The van der Waals surface area contributed by atoms with Gasteiger partial charge in [-0.1, -0.05) is 0 Å². The Morgan fingerprint density at radius 2 is 2.26 bits per heavy atom. The van der Waals surface area contributed by atoms with Gasteiger partial charge in [0.25, 0.3) is 0 Å². The number of amides is 1. The second-order valence-corrected chi connectivity index (χ2v) is 8.62. The van der Waals surface area contributed by atoms with Gasteiger partial charge in [-0.15, -0.1) is 11.3 Å². The number of carbonyl (C=O) groups excluding carboxylic acids is 2. The second-order valence-electron chi connectivity index (χ2n) is 7.62. The molecule has 1 atom stereocenters. The maximum Gasteiger partial charge on any atom is 0.356 e. The van der Waals surface area contributed by atoms with Crippen molar-refractivity contribution in [3.63, 3.8) is 0 Å². The van der Waals surface area contributed by atoms with Crippen LogP contribution in [0.5, 0.6) is 0 Å². The van der Waals surface area contributed by atoms with E-state index in [-0.39, 0.29) is 17.7 Å². The molecule has 0 spiro atoms. The molecule has 1 saturated heterocycles. The number of esters is 1. The predicted octanol–water partition coefficient (Wildman–Crippen LogP) is 3.94. The standard InChI is InChI=1S/C22H26N4O4S/c1-13-6-8-31-18(13)11-23-15-9-17-19(25-14(2)27)20(22(28)29-3)26(21(17)24-10-15)12-16-5-4-7-30-16/h6,8-10,16,23H,4-5,7,11-12H2,1-3H3,(H,25,27). The minimum atomic E-state index is -0.525. The maximum atomic E-state index is 12.7. The van der Waals surface area contributed by atoms with Gasteiger partial charge in [-0.3, -0.25) is 4.79 Å². The zero-order chi connectivity index (χ0) is 22.0. The Morgan fingerprint density at radius 1 is 1.42 bits per heavy atom. The molecule has 31 heavy (non-hydrogen) atoms. The van der Waals surface area contributed by atoms with Crippen LogP contribution in [-0.2, 0) is 27.4 Å². The largest absolute Gasteiger partial charge is 0.464 e. The Bertz CT molecular complexity index is 1110. The van der Waals surface area contributed by atoms with E-state index in [0.29, 0.717) is 36.4 Å². The van der Waals surface area contributed by atoms with E-state index >= 15 is 0 Å². The molecule has 164 valence electrons. The normalized spacial score (nSPS) is 15.9. The first-order valence-corrected chi connectivity index (χ1v) is 11.1. The zero-order valence-electron chi connectivity index (χ0n) is 17.9. The zero-order valence-corrected chi connectivity index (χ0v) is 18.7. The molecule has 1 aliphatic rings. The maximum absolute atomic E-state index is 12.7. The van der Waals surface area contributed by atoms with Crippen LogP contribution >= 0.6 is 11.3 Å². The lowest BCUT2D eigenvalue weighted by Gasteiger charge is -2.14. The number of carbonyl (C=O) groups is 2. The molecule has 0 saturated carbocycles. The van der Waals surface area contributed by atoms with Crippen molar-refractivity contribution >= 4 is 45.6 Å². The molecule has 0 bridgehead atoms. The molecule has 3 aromatic heterocycles. The summed E-state index contributed by atoms with van der Waals surface area (Å²) in [6.07, 6.45) is 3.64. The summed E-state index contributed by atoms with van der Waals surface area (Å²) in [6, 6.07) is 4.00. The number of thiophene rings is 1. The first-order chi connectivity index (χ1) is 15.0. The third-order valence-corrected chi connectivity index (χ3v) is 6.43. The van der Waals surface area contributed by atoms with Crippen molar-refractivity contribution < 1.29 is 19.1 Å². The van der Waals surface area contributed by atoms with Gasteiger partial charge < -0.3 is 24.7 Å². The van der Waals surface area contributed by atoms with Gasteiger partial charge in [0.15, 0.2) is 5.69 Å². The van der Waals surface area contributed by atoms with Crippen LogP contribution in [0.25, 0.3) is 11.0 Å². The van der Waals surface area contributed by atoms with Crippen molar-refractivity contribution in [3.8, 4) is 0 Å². The van der Waals surface area contributed by atoms with Crippen LogP contribution in [-0.4, -0.2) is 41.2 Å². The van der Waals surface area contributed by atoms with Crippen LogP contribution < -0.4 is 10.6 Å². The molecule has 0 aromatic carbocycles. The molecule has 1 unspecified atom stereocenters. The lowest BCUT2D eigenvalue weighted by atomic mass is 10.2. The van der Waals surface area contributed by atoms with Gasteiger partial charge in [-0.05, 0) is 42.8 Å². The highest BCUT2D eigenvalue weighted by Crippen LogP contribution is 2.34. The summed E-state index contributed by atoms with van der Waals surface area (Å²) in [7, 11) is 1.33. The van der Waals surface area contributed by atoms with Crippen LogP contribution in [0, 0.1) is 6.92 Å². The average molecular weight is 443 g/mol. The van der Waals surface area contributed by atoms with E-state index in [4.69, 9.17) is 9.47 Å². The highest BCUT2D eigenvalue weighted by atomic mass is 32.1. The number of fused-ring (bicyclic) bond motifs is 1. The van der Waals surface area contributed by atoms with Gasteiger partial charge >= 0.3 is 5.97 Å². The van der Waals surface area contributed by atoms with Crippen LogP contribution in [0.3, 0.4) is 0 Å². The molecule has 8 nitrogen and oxygen atoms in total. The lowest BCUT2D eigenvalue weighted by molar-refractivity contribution is -0.114. The highest BCUT2D eigenvalue weighted by molar-refractivity contribution is 7.10. The molecule has 0 radical (unpaired) electrons. The van der Waals surface area contributed by atoms with E-state index in [1.54, 1.807) is 22.1 Å². The first kappa shape index (κ1) is 21.3. The molecule has 3 aromatic rings. The fraction of sp³-hybridized carbons (Fsp3) is 0.409. The fourth-order valence-corrected chi connectivity index (χ4v) is 4.72. The Morgan fingerprint density at radius 3 is 2.90 bits per heavy atom. The number of aromatic nitrogens is 2. The number of pyridine rings is 1. The van der Waals surface area contributed by atoms with Crippen molar-refractivity contribution in [2.24, 2.45) is 0 Å². The van der Waals surface area contributed by atoms with Gasteiger partial charge in [-0.25, -0.2) is 9.78 Å². The number of nitrogens with one attached hydrogen (secondary N) is 2. The Labute approximate surface area is 184 Å². The molecule has 1 fully saturated rings. The topological polar surface area (TPSA) is 94.5 Å². The summed E-state index contributed by atoms with van der Waals surface area (Å²) in [4.78, 5) is 30.5. The summed E-state index contributed by atoms with van der Waals surface area (Å²) >= 11 is 1.70. The van der Waals surface area contributed by atoms with E-state index in [0.717, 1.165) is 18.5 Å². The molecule has 1 amide bonds. The predicted molar refractivity (Wildman–Crippen MR) is 121 cm³/mol. The molecule has 4 rings (SSSR count). The van der Waals surface area contributed by atoms with Crippen LogP contribution in [0.15, 0.2) is 23.7 Å². The lowest BCUT2D eigenvalue weighted by Crippen LogP contribution is -2.21. The minimum absolute atomic E-state index is 0.00871. The number of anilines is 2. The summed E-state index contributed by atoms with van der Waals surface area (Å²) in [5.74, 6) is -0.794. The molecule has 0 aliphatic carbocycles. The third kappa shape index (κ3) is 4.42. The van der Waals surface area contributed by atoms with Crippen molar-refractivity contribution in [2.45, 2.75) is 45.9 Å². The number of nitrogens with zero attached hydrogens (tertiary/aromatic N) is 2. The quantitative estimate of drug-likeness (QED) is 0.538. The smallest absolute Gasteiger partial charge is 0.356 e. The fourth-order valence-electron chi connectivity index (χ4n) is 3.87. The van der Waals surface area contributed by atoms with Crippen LogP contribution in [0.2, 0.25) is 0 Å². The Hall–Kier alpha value is -2.91. The number of ether oxygens (including phenoxy) is 2. The molecule has 4 heterocycles. The van der Waals surface area contributed by atoms with E-state index in [1.807, 2.05) is 6.07 Å². The van der Waals surface area contributed by atoms with Gasteiger partial charge in [0.2, 0.25) is 5.91 Å². The van der Waals surface area contributed by atoms with Crippen molar-refractivity contribution in [3.05, 3.63) is 39.8 Å². The molecule has 9 heteroatoms. The summed E-state index contributed by atoms with van der Waals surface area (Å²) in [5, 5.41) is 8.95. The van der Waals surface area contributed by atoms with Crippen molar-refractivity contribution in [1.29, 1.82) is 0 Å². The first-order valence-electron chi connectivity index (χ1n) is 10.2. The summed E-state index contributed by atoms with van der Waals surface area (Å²) in [6.45, 7) is 5.35.